The Kier molecular flexibility index (Phi) is 3.34. The van der Waals surface area contributed by atoms with Crippen molar-refractivity contribution in [3.63, 3.8) is 0 Å². The first-order valence-corrected chi connectivity index (χ1v) is 7.21. The summed E-state index contributed by atoms with van der Waals surface area (Å²) in [7, 11) is 0. The predicted octanol–water partition coefficient (Wildman–Crippen LogP) is 2.58. The van der Waals surface area contributed by atoms with Crippen molar-refractivity contribution in [2.45, 2.75) is 44.4 Å². The minimum Gasteiger partial charge on any atom is -0.339 e. The highest BCUT2D eigenvalue weighted by Gasteiger charge is 2.29. The molecule has 4 heteroatoms. The summed E-state index contributed by atoms with van der Waals surface area (Å²) in [6.45, 7) is 4.56. The van der Waals surface area contributed by atoms with E-state index in [4.69, 9.17) is 10.3 Å². The van der Waals surface area contributed by atoms with Crippen LogP contribution < -0.4 is 5.73 Å². The first kappa shape index (κ1) is 13.3. The topological polar surface area (TPSA) is 64.9 Å². The van der Waals surface area contributed by atoms with Crippen molar-refractivity contribution in [3.8, 4) is 0 Å². The molecule has 0 saturated heterocycles. The lowest BCUT2D eigenvalue weighted by molar-refractivity contribution is 0.307. The second-order valence-electron chi connectivity index (χ2n) is 6.25. The van der Waals surface area contributed by atoms with Gasteiger partial charge in [-0.2, -0.15) is 4.98 Å². The summed E-state index contributed by atoms with van der Waals surface area (Å²) in [5.74, 6) is 1.83. The third kappa shape index (κ3) is 2.36. The van der Waals surface area contributed by atoms with Gasteiger partial charge < -0.3 is 10.3 Å². The lowest BCUT2D eigenvalue weighted by Crippen LogP contribution is -2.28. The highest BCUT2D eigenvalue weighted by molar-refractivity contribution is 5.31. The zero-order chi connectivity index (χ0) is 14.2. The maximum Gasteiger partial charge on any atom is 0.233 e. The summed E-state index contributed by atoms with van der Waals surface area (Å²) in [5.41, 5.74) is 8.37. The van der Waals surface area contributed by atoms with E-state index in [0.717, 1.165) is 25.1 Å². The fourth-order valence-electron chi connectivity index (χ4n) is 2.68. The Bertz CT molecular complexity index is 603. The van der Waals surface area contributed by atoms with Gasteiger partial charge in [-0.15, -0.1) is 0 Å². The molecular formula is C16H21N3O. The van der Waals surface area contributed by atoms with E-state index >= 15 is 0 Å². The summed E-state index contributed by atoms with van der Waals surface area (Å²) in [4.78, 5) is 4.59. The molecule has 1 aromatic carbocycles. The monoisotopic (exact) mass is 271 g/mol. The van der Waals surface area contributed by atoms with E-state index in [1.165, 1.54) is 11.1 Å². The molecule has 2 aromatic rings. The number of aromatic nitrogens is 2. The SMILES string of the molecule is CC(C)(CN)c1nc(C2CCc3ccccc3C2)no1. The maximum absolute atomic E-state index is 5.76. The van der Waals surface area contributed by atoms with Crippen molar-refractivity contribution in [1.82, 2.24) is 10.1 Å². The molecule has 2 N–H and O–H groups in total. The summed E-state index contributed by atoms with van der Waals surface area (Å²) in [5, 5.41) is 4.19. The van der Waals surface area contributed by atoms with Crippen LogP contribution in [0.5, 0.6) is 0 Å². The van der Waals surface area contributed by atoms with Gasteiger partial charge in [-0.1, -0.05) is 29.4 Å². The minimum atomic E-state index is -0.252. The molecule has 1 unspecified atom stereocenters. The molecule has 0 amide bonds. The van der Waals surface area contributed by atoms with Gasteiger partial charge in [0.25, 0.3) is 0 Å². The Morgan fingerprint density at radius 1 is 1.30 bits per heavy atom. The number of benzene rings is 1. The fourth-order valence-corrected chi connectivity index (χ4v) is 2.68. The van der Waals surface area contributed by atoms with Crippen LogP contribution in [0, 0.1) is 0 Å². The molecule has 1 heterocycles. The summed E-state index contributed by atoms with van der Waals surface area (Å²) in [6, 6.07) is 8.62. The average molecular weight is 271 g/mol. The fraction of sp³-hybridized carbons (Fsp3) is 0.500. The molecule has 3 rings (SSSR count). The van der Waals surface area contributed by atoms with Gasteiger partial charge >= 0.3 is 0 Å². The molecule has 1 aromatic heterocycles. The van der Waals surface area contributed by atoms with Crippen molar-refractivity contribution in [3.05, 3.63) is 47.1 Å². The van der Waals surface area contributed by atoms with Crippen LogP contribution in [-0.2, 0) is 18.3 Å². The number of fused-ring (bicyclic) bond motifs is 1. The predicted molar refractivity (Wildman–Crippen MR) is 77.6 cm³/mol. The Hall–Kier alpha value is -1.68. The van der Waals surface area contributed by atoms with E-state index in [1.807, 2.05) is 13.8 Å². The molecule has 0 radical (unpaired) electrons. The Labute approximate surface area is 119 Å². The number of nitrogens with two attached hydrogens (primary N) is 1. The number of aryl methyl sites for hydroxylation is 1. The maximum atomic E-state index is 5.76. The van der Waals surface area contributed by atoms with E-state index in [0.29, 0.717) is 18.4 Å². The van der Waals surface area contributed by atoms with Gasteiger partial charge in [-0.05, 0) is 44.2 Å². The zero-order valence-corrected chi connectivity index (χ0v) is 12.1. The molecule has 1 aliphatic carbocycles. The summed E-state index contributed by atoms with van der Waals surface area (Å²) in [6.07, 6.45) is 3.17. The molecule has 1 atom stereocenters. The molecule has 0 fully saturated rings. The second-order valence-corrected chi connectivity index (χ2v) is 6.25. The molecule has 0 spiro atoms. The summed E-state index contributed by atoms with van der Waals surface area (Å²) < 4.78 is 5.42. The van der Waals surface area contributed by atoms with Gasteiger partial charge in [-0.25, -0.2) is 0 Å². The van der Waals surface area contributed by atoms with Crippen LogP contribution in [0.4, 0.5) is 0 Å². The summed E-state index contributed by atoms with van der Waals surface area (Å²) >= 11 is 0. The first-order chi connectivity index (χ1) is 9.60. The van der Waals surface area contributed by atoms with Crippen molar-refractivity contribution in [2.75, 3.05) is 6.54 Å². The first-order valence-electron chi connectivity index (χ1n) is 7.21. The van der Waals surface area contributed by atoms with Crippen molar-refractivity contribution in [1.29, 1.82) is 0 Å². The van der Waals surface area contributed by atoms with Crippen molar-refractivity contribution in [2.24, 2.45) is 5.73 Å². The normalized spacial score (nSPS) is 18.9. The van der Waals surface area contributed by atoms with Crippen LogP contribution >= 0.6 is 0 Å². The zero-order valence-electron chi connectivity index (χ0n) is 12.1. The van der Waals surface area contributed by atoms with Crippen LogP contribution in [-0.4, -0.2) is 16.7 Å². The number of rotatable bonds is 3. The van der Waals surface area contributed by atoms with E-state index in [1.54, 1.807) is 0 Å². The van der Waals surface area contributed by atoms with Gasteiger partial charge in [0, 0.05) is 12.5 Å². The standard InChI is InChI=1S/C16H21N3O/c1-16(2,10-17)15-18-14(19-20-15)13-8-7-11-5-3-4-6-12(11)9-13/h3-6,13H,7-10,17H2,1-2H3. The average Bonchev–Trinajstić information content (AvgIpc) is 2.97. The number of hydrogen-bond acceptors (Lipinski definition) is 4. The molecule has 4 nitrogen and oxygen atoms in total. The van der Waals surface area contributed by atoms with E-state index in [9.17, 15) is 0 Å². The smallest absolute Gasteiger partial charge is 0.233 e. The molecule has 106 valence electrons. The molecule has 0 saturated carbocycles. The van der Waals surface area contributed by atoms with Crippen LogP contribution in [0.25, 0.3) is 0 Å². The van der Waals surface area contributed by atoms with Crippen LogP contribution in [0.3, 0.4) is 0 Å². The van der Waals surface area contributed by atoms with E-state index in [2.05, 4.69) is 34.4 Å². The van der Waals surface area contributed by atoms with Gasteiger partial charge in [0.1, 0.15) is 0 Å². The molecule has 20 heavy (non-hydrogen) atoms. The number of nitrogens with zero attached hydrogens (tertiary/aromatic N) is 2. The lowest BCUT2D eigenvalue weighted by atomic mass is 9.83. The largest absolute Gasteiger partial charge is 0.339 e. The Morgan fingerprint density at radius 2 is 2.05 bits per heavy atom. The van der Waals surface area contributed by atoms with Crippen molar-refractivity contribution < 1.29 is 4.52 Å². The highest BCUT2D eigenvalue weighted by atomic mass is 16.5. The quantitative estimate of drug-likeness (QED) is 0.931. The third-order valence-corrected chi connectivity index (χ3v) is 4.24. The van der Waals surface area contributed by atoms with Gasteiger partial charge in [0.15, 0.2) is 5.82 Å². The van der Waals surface area contributed by atoms with Gasteiger partial charge in [0.2, 0.25) is 5.89 Å². The minimum absolute atomic E-state index is 0.252. The Balaban J connectivity index is 1.82. The third-order valence-electron chi connectivity index (χ3n) is 4.24. The van der Waals surface area contributed by atoms with E-state index in [-0.39, 0.29) is 5.41 Å². The van der Waals surface area contributed by atoms with Crippen LogP contribution in [0.15, 0.2) is 28.8 Å². The molecular weight excluding hydrogens is 250 g/mol. The second kappa shape index (κ2) is 5.02. The van der Waals surface area contributed by atoms with E-state index < -0.39 is 0 Å². The van der Waals surface area contributed by atoms with Crippen LogP contribution in [0.2, 0.25) is 0 Å². The van der Waals surface area contributed by atoms with Crippen molar-refractivity contribution >= 4 is 0 Å². The molecule has 0 aliphatic heterocycles. The Morgan fingerprint density at radius 3 is 2.80 bits per heavy atom. The number of hydrogen-bond donors (Lipinski definition) is 1. The molecule has 0 bridgehead atoms. The van der Waals surface area contributed by atoms with Crippen LogP contribution in [0.1, 0.15) is 49.0 Å². The molecule has 1 aliphatic rings. The highest BCUT2D eigenvalue weighted by Crippen LogP contribution is 2.32. The van der Waals surface area contributed by atoms with Gasteiger partial charge in [0.05, 0.1) is 5.41 Å². The lowest BCUT2D eigenvalue weighted by Gasteiger charge is -2.22. The van der Waals surface area contributed by atoms with Gasteiger partial charge in [-0.3, -0.25) is 0 Å².